The topological polar surface area (TPSA) is 32.3 Å². The Hall–Kier alpha value is -1.02. The molecule has 1 aromatic carbocycles. The summed E-state index contributed by atoms with van der Waals surface area (Å²) in [5, 5.41) is 12.2. The Balaban J connectivity index is 2.49. The molecule has 1 unspecified atom stereocenters. The Morgan fingerprint density at radius 3 is 2.46 bits per heavy atom. The van der Waals surface area contributed by atoms with Gasteiger partial charge in [0.25, 0.3) is 0 Å². The summed E-state index contributed by atoms with van der Waals surface area (Å²) in [6.07, 6.45) is 1.06. The summed E-state index contributed by atoms with van der Waals surface area (Å²) in [6, 6.07) is 7.42. The predicted octanol–water partition coefficient (Wildman–Crippen LogP) is 1.79. The molecule has 0 saturated carbocycles. The molecule has 0 aliphatic carbocycles. The van der Waals surface area contributed by atoms with Gasteiger partial charge in [0.15, 0.2) is 0 Å². The minimum atomic E-state index is 0.338. The highest BCUT2D eigenvalue weighted by atomic mass is 16.3. The molecule has 2 nitrogen and oxygen atoms in total. The van der Waals surface area contributed by atoms with E-state index in [2.05, 4.69) is 12.2 Å². The number of phenolic OH excluding ortho intramolecular Hbond substituents is 1. The number of benzene rings is 1. The molecular weight excluding hydrogens is 162 g/mol. The van der Waals surface area contributed by atoms with Gasteiger partial charge in [-0.25, -0.2) is 0 Å². The number of rotatable bonds is 4. The highest BCUT2D eigenvalue weighted by Crippen LogP contribution is 2.12. The van der Waals surface area contributed by atoms with Gasteiger partial charge in [-0.3, -0.25) is 0 Å². The van der Waals surface area contributed by atoms with Crippen LogP contribution in [0.3, 0.4) is 0 Å². The maximum absolute atomic E-state index is 9.08. The van der Waals surface area contributed by atoms with Gasteiger partial charge < -0.3 is 10.4 Å². The summed E-state index contributed by atoms with van der Waals surface area (Å²) in [5.74, 6) is 0.972. The van der Waals surface area contributed by atoms with Gasteiger partial charge in [0, 0.05) is 0 Å². The summed E-state index contributed by atoms with van der Waals surface area (Å²) in [5.41, 5.74) is 1.28. The molecule has 0 aliphatic rings. The predicted molar refractivity (Wildman–Crippen MR) is 54.9 cm³/mol. The van der Waals surface area contributed by atoms with Crippen LogP contribution in [0.2, 0.25) is 0 Å². The van der Waals surface area contributed by atoms with Gasteiger partial charge in [-0.05, 0) is 43.6 Å². The maximum Gasteiger partial charge on any atom is 0.115 e. The quantitative estimate of drug-likeness (QED) is 0.738. The van der Waals surface area contributed by atoms with Gasteiger partial charge in [-0.1, -0.05) is 19.1 Å². The van der Waals surface area contributed by atoms with Crippen molar-refractivity contribution < 1.29 is 5.11 Å². The fraction of sp³-hybridized carbons (Fsp3) is 0.455. The molecule has 13 heavy (non-hydrogen) atoms. The van der Waals surface area contributed by atoms with Crippen LogP contribution >= 0.6 is 0 Å². The van der Waals surface area contributed by atoms with E-state index in [-0.39, 0.29) is 0 Å². The van der Waals surface area contributed by atoms with Crippen molar-refractivity contribution in [1.82, 2.24) is 5.32 Å². The number of hydrogen-bond acceptors (Lipinski definition) is 2. The van der Waals surface area contributed by atoms with Crippen LogP contribution in [-0.2, 0) is 6.42 Å². The zero-order valence-corrected chi connectivity index (χ0v) is 8.25. The highest BCUT2D eigenvalue weighted by Gasteiger charge is 2.01. The van der Waals surface area contributed by atoms with Crippen LogP contribution < -0.4 is 5.32 Å². The maximum atomic E-state index is 9.08. The van der Waals surface area contributed by atoms with Crippen LogP contribution in [-0.4, -0.2) is 18.7 Å². The van der Waals surface area contributed by atoms with Gasteiger partial charge in [-0.2, -0.15) is 0 Å². The van der Waals surface area contributed by atoms with Crippen molar-refractivity contribution in [2.45, 2.75) is 13.3 Å². The fourth-order valence-corrected chi connectivity index (χ4v) is 1.46. The fourth-order valence-electron chi connectivity index (χ4n) is 1.46. The van der Waals surface area contributed by atoms with Crippen molar-refractivity contribution in [3.8, 4) is 5.75 Å². The monoisotopic (exact) mass is 179 g/mol. The van der Waals surface area contributed by atoms with Crippen LogP contribution in [0.25, 0.3) is 0 Å². The van der Waals surface area contributed by atoms with E-state index in [0.717, 1.165) is 13.0 Å². The molecule has 0 bridgehead atoms. The van der Waals surface area contributed by atoms with Crippen molar-refractivity contribution >= 4 is 0 Å². The summed E-state index contributed by atoms with van der Waals surface area (Å²) in [7, 11) is 1.97. The minimum absolute atomic E-state index is 0.338. The lowest BCUT2D eigenvalue weighted by Gasteiger charge is -2.10. The Kier molecular flexibility index (Phi) is 3.77. The molecule has 0 spiro atoms. The first kappa shape index (κ1) is 10.1. The summed E-state index contributed by atoms with van der Waals surface area (Å²) >= 11 is 0. The third-order valence-corrected chi connectivity index (χ3v) is 2.07. The highest BCUT2D eigenvalue weighted by molar-refractivity contribution is 5.26. The summed E-state index contributed by atoms with van der Waals surface area (Å²) in [4.78, 5) is 0. The van der Waals surface area contributed by atoms with Gasteiger partial charge in [-0.15, -0.1) is 0 Å². The van der Waals surface area contributed by atoms with E-state index < -0.39 is 0 Å². The molecule has 0 saturated heterocycles. The molecule has 0 radical (unpaired) electrons. The number of nitrogens with one attached hydrogen (secondary N) is 1. The lowest BCUT2D eigenvalue weighted by atomic mass is 10.0. The molecule has 0 aromatic heterocycles. The Morgan fingerprint density at radius 1 is 1.31 bits per heavy atom. The first-order valence-corrected chi connectivity index (χ1v) is 4.65. The molecular formula is C11H17NO. The summed E-state index contributed by atoms with van der Waals surface area (Å²) < 4.78 is 0. The van der Waals surface area contributed by atoms with Crippen LogP contribution in [0, 0.1) is 5.92 Å². The second-order valence-corrected chi connectivity index (χ2v) is 3.53. The molecule has 1 aromatic rings. The molecule has 1 rings (SSSR count). The molecule has 2 heteroatoms. The summed E-state index contributed by atoms with van der Waals surface area (Å²) in [6.45, 7) is 3.24. The van der Waals surface area contributed by atoms with Crippen LogP contribution in [0.4, 0.5) is 0 Å². The molecule has 0 heterocycles. The zero-order valence-electron chi connectivity index (χ0n) is 8.25. The van der Waals surface area contributed by atoms with E-state index in [9.17, 15) is 0 Å². The molecule has 1 atom stereocenters. The normalized spacial score (nSPS) is 12.8. The van der Waals surface area contributed by atoms with E-state index >= 15 is 0 Å². The standard InChI is InChI=1S/C11H17NO/c1-9(8-12-2)7-10-3-5-11(13)6-4-10/h3-6,9,12-13H,7-8H2,1-2H3. The van der Waals surface area contributed by atoms with Gasteiger partial charge in [0.05, 0.1) is 0 Å². The zero-order chi connectivity index (χ0) is 9.68. The average Bonchev–Trinajstić information content (AvgIpc) is 2.09. The Morgan fingerprint density at radius 2 is 1.92 bits per heavy atom. The molecule has 72 valence electrons. The minimum Gasteiger partial charge on any atom is -0.508 e. The molecule has 2 N–H and O–H groups in total. The third-order valence-electron chi connectivity index (χ3n) is 2.07. The van der Waals surface area contributed by atoms with Crippen LogP contribution in [0.15, 0.2) is 24.3 Å². The van der Waals surface area contributed by atoms with Gasteiger partial charge in [0.2, 0.25) is 0 Å². The first-order valence-electron chi connectivity index (χ1n) is 4.65. The van der Waals surface area contributed by atoms with E-state index in [1.165, 1.54) is 5.56 Å². The SMILES string of the molecule is CNCC(C)Cc1ccc(O)cc1. The third kappa shape index (κ3) is 3.47. The van der Waals surface area contributed by atoms with Crippen molar-refractivity contribution in [2.24, 2.45) is 5.92 Å². The van der Waals surface area contributed by atoms with Crippen LogP contribution in [0.5, 0.6) is 5.75 Å². The average molecular weight is 179 g/mol. The second kappa shape index (κ2) is 4.87. The van der Waals surface area contributed by atoms with E-state index in [1.54, 1.807) is 12.1 Å². The number of phenols is 1. The van der Waals surface area contributed by atoms with Gasteiger partial charge in [0.1, 0.15) is 5.75 Å². The van der Waals surface area contributed by atoms with E-state index in [4.69, 9.17) is 5.11 Å². The van der Waals surface area contributed by atoms with Crippen molar-refractivity contribution in [2.75, 3.05) is 13.6 Å². The van der Waals surface area contributed by atoms with E-state index in [1.807, 2.05) is 19.2 Å². The van der Waals surface area contributed by atoms with Crippen molar-refractivity contribution in [1.29, 1.82) is 0 Å². The smallest absolute Gasteiger partial charge is 0.115 e. The molecule has 0 aliphatic heterocycles. The molecule has 0 fully saturated rings. The first-order chi connectivity index (χ1) is 6.22. The van der Waals surface area contributed by atoms with E-state index in [0.29, 0.717) is 11.7 Å². The van der Waals surface area contributed by atoms with Gasteiger partial charge >= 0.3 is 0 Å². The second-order valence-electron chi connectivity index (χ2n) is 3.53. The van der Waals surface area contributed by atoms with Crippen molar-refractivity contribution in [3.05, 3.63) is 29.8 Å². The lowest BCUT2D eigenvalue weighted by molar-refractivity contribution is 0.474. The largest absolute Gasteiger partial charge is 0.508 e. The van der Waals surface area contributed by atoms with Crippen LogP contribution in [0.1, 0.15) is 12.5 Å². The Labute approximate surface area is 79.6 Å². The Bertz CT molecular complexity index is 243. The number of aromatic hydroxyl groups is 1. The lowest BCUT2D eigenvalue weighted by Crippen LogP contribution is -2.17. The van der Waals surface area contributed by atoms with Crippen molar-refractivity contribution in [3.63, 3.8) is 0 Å². The molecule has 0 amide bonds. The number of hydrogen-bond donors (Lipinski definition) is 2.